The van der Waals surface area contributed by atoms with Crippen LogP contribution in [0.15, 0.2) is 46.9 Å². The van der Waals surface area contributed by atoms with E-state index in [1.54, 1.807) is 30.3 Å². The Morgan fingerprint density at radius 3 is 2.47 bits per heavy atom. The summed E-state index contributed by atoms with van der Waals surface area (Å²) in [6, 6.07) is 10.7. The fourth-order valence-corrected chi connectivity index (χ4v) is 1.18. The fraction of sp³-hybridized carbons (Fsp3) is 0. The molecule has 1 aromatic heterocycles. The summed E-state index contributed by atoms with van der Waals surface area (Å²) >= 11 is 0. The van der Waals surface area contributed by atoms with Crippen molar-refractivity contribution >= 4 is 11.9 Å². The third-order valence-electron chi connectivity index (χ3n) is 1.93. The highest BCUT2D eigenvalue weighted by Gasteiger charge is 2.18. The number of para-hydroxylation sites is 1. The van der Waals surface area contributed by atoms with E-state index in [0.717, 1.165) is 6.07 Å². The van der Waals surface area contributed by atoms with E-state index < -0.39 is 16.8 Å². The first kappa shape index (κ1) is 10.9. The highest BCUT2D eigenvalue weighted by Crippen LogP contribution is 2.18. The van der Waals surface area contributed by atoms with Crippen molar-refractivity contribution in [3.05, 3.63) is 58.3 Å². The molecule has 0 radical (unpaired) electrons. The summed E-state index contributed by atoms with van der Waals surface area (Å²) in [5, 5.41) is 10.4. The number of carbonyl (C=O) groups excluding carboxylic acids is 1. The summed E-state index contributed by atoms with van der Waals surface area (Å²) in [6.45, 7) is 0. The van der Waals surface area contributed by atoms with Gasteiger partial charge in [-0.25, -0.2) is 4.79 Å². The van der Waals surface area contributed by atoms with E-state index in [1.807, 2.05) is 0 Å². The number of hydrogen-bond donors (Lipinski definition) is 0. The number of carbonyl (C=O) groups is 1. The van der Waals surface area contributed by atoms with E-state index in [0.29, 0.717) is 5.75 Å². The van der Waals surface area contributed by atoms with Gasteiger partial charge in [0.05, 0.1) is 6.07 Å². The van der Waals surface area contributed by atoms with Gasteiger partial charge in [0, 0.05) is 0 Å². The molecule has 0 aliphatic heterocycles. The Bertz CT molecular complexity index is 546. The van der Waals surface area contributed by atoms with Crippen LogP contribution in [0.2, 0.25) is 0 Å². The second-order valence-corrected chi connectivity index (χ2v) is 3.10. The zero-order chi connectivity index (χ0) is 12.3. The molecule has 6 heteroatoms. The molecule has 0 atom stereocenters. The molecule has 0 saturated carbocycles. The number of nitro groups is 1. The lowest BCUT2D eigenvalue weighted by Gasteiger charge is -2.00. The Morgan fingerprint density at radius 2 is 1.88 bits per heavy atom. The molecule has 0 N–H and O–H groups in total. The van der Waals surface area contributed by atoms with Gasteiger partial charge in [-0.2, -0.15) is 0 Å². The van der Waals surface area contributed by atoms with Crippen molar-refractivity contribution in [2.75, 3.05) is 0 Å². The largest absolute Gasteiger partial charge is 0.433 e. The van der Waals surface area contributed by atoms with E-state index in [4.69, 9.17) is 9.15 Å². The van der Waals surface area contributed by atoms with Crippen LogP contribution in [0.25, 0.3) is 0 Å². The average molecular weight is 233 g/mol. The van der Waals surface area contributed by atoms with Crippen molar-refractivity contribution in [3.63, 3.8) is 0 Å². The molecule has 6 nitrogen and oxygen atoms in total. The van der Waals surface area contributed by atoms with E-state index in [2.05, 4.69) is 0 Å². The molecule has 0 saturated heterocycles. The lowest BCUT2D eigenvalue weighted by atomic mass is 10.3. The van der Waals surface area contributed by atoms with Crippen LogP contribution in [0.4, 0.5) is 5.88 Å². The van der Waals surface area contributed by atoms with Gasteiger partial charge in [-0.05, 0) is 18.2 Å². The molecule has 0 bridgehead atoms. The molecule has 0 spiro atoms. The van der Waals surface area contributed by atoms with Gasteiger partial charge in [-0.15, -0.1) is 0 Å². The Hall–Kier alpha value is -2.63. The van der Waals surface area contributed by atoms with Crippen molar-refractivity contribution in [3.8, 4) is 5.75 Å². The second kappa shape index (κ2) is 4.48. The molecule has 2 aromatic rings. The SMILES string of the molecule is O=C(Oc1ccccc1)c1ccc([N+](=O)[O-])o1. The maximum absolute atomic E-state index is 11.5. The standard InChI is InChI=1S/C11H7NO5/c13-11(16-8-4-2-1-3-5-8)9-6-7-10(17-9)12(14)15/h1-7H. The minimum absolute atomic E-state index is 0.208. The van der Waals surface area contributed by atoms with E-state index in [9.17, 15) is 14.9 Å². The minimum Gasteiger partial charge on any atom is -0.421 e. The van der Waals surface area contributed by atoms with Crippen LogP contribution in [-0.2, 0) is 0 Å². The molecule has 0 aliphatic rings. The van der Waals surface area contributed by atoms with Crippen LogP contribution in [0.1, 0.15) is 10.6 Å². The lowest BCUT2D eigenvalue weighted by molar-refractivity contribution is -0.402. The quantitative estimate of drug-likeness (QED) is 0.352. The van der Waals surface area contributed by atoms with Gasteiger partial charge in [-0.1, -0.05) is 18.2 Å². The predicted molar refractivity (Wildman–Crippen MR) is 56.8 cm³/mol. The fourth-order valence-electron chi connectivity index (χ4n) is 1.18. The second-order valence-electron chi connectivity index (χ2n) is 3.10. The number of esters is 1. The first-order valence-electron chi connectivity index (χ1n) is 4.68. The van der Waals surface area contributed by atoms with Gasteiger partial charge in [0.25, 0.3) is 0 Å². The smallest absolute Gasteiger partial charge is 0.421 e. The van der Waals surface area contributed by atoms with Gasteiger partial charge in [0.15, 0.2) is 0 Å². The van der Waals surface area contributed by atoms with E-state index >= 15 is 0 Å². The van der Waals surface area contributed by atoms with Crippen molar-refractivity contribution in [1.82, 2.24) is 0 Å². The summed E-state index contributed by atoms with van der Waals surface area (Å²) in [5.41, 5.74) is 0. The third-order valence-corrected chi connectivity index (χ3v) is 1.93. The molecule has 86 valence electrons. The van der Waals surface area contributed by atoms with Crippen LogP contribution in [0.3, 0.4) is 0 Å². The van der Waals surface area contributed by atoms with Gasteiger partial charge < -0.3 is 9.15 Å². The predicted octanol–water partition coefficient (Wildman–Crippen LogP) is 2.41. The summed E-state index contributed by atoms with van der Waals surface area (Å²) in [6.07, 6.45) is 0. The molecule has 0 amide bonds. The first-order valence-corrected chi connectivity index (χ1v) is 4.68. The molecular formula is C11H7NO5. The molecule has 2 rings (SSSR count). The number of rotatable bonds is 3. The van der Waals surface area contributed by atoms with Crippen molar-refractivity contribution in [1.29, 1.82) is 0 Å². The molecule has 0 aliphatic carbocycles. The van der Waals surface area contributed by atoms with Crippen molar-refractivity contribution in [2.45, 2.75) is 0 Å². The number of benzene rings is 1. The summed E-state index contributed by atoms with van der Waals surface area (Å²) < 4.78 is 9.64. The summed E-state index contributed by atoms with van der Waals surface area (Å²) in [4.78, 5) is 21.1. The molecule has 17 heavy (non-hydrogen) atoms. The van der Waals surface area contributed by atoms with Crippen LogP contribution >= 0.6 is 0 Å². The lowest BCUT2D eigenvalue weighted by Crippen LogP contribution is -2.06. The van der Waals surface area contributed by atoms with Gasteiger partial charge in [-0.3, -0.25) is 10.1 Å². The molecule has 0 unspecified atom stereocenters. The Morgan fingerprint density at radius 1 is 1.18 bits per heavy atom. The number of hydrogen-bond acceptors (Lipinski definition) is 5. The van der Waals surface area contributed by atoms with Gasteiger partial charge in [0.2, 0.25) is 5.76 Å². The molecule has 0 fully saturated rings. The summed E-state index contributed by atoms with van der Waals surface area (Å²) in [5.74, 6) is -1.13. The van der Waals surface area contributed by atoms with E-state index in [-0.39, 0.29) is 5.76 Å². The van der Waals surface area contributed by atoms with Gasteiger partial charge in [0.1, 0.15) is 10.7 Å². The molecular weight excluding hydrogens is 226 g/mol. The maximum atomic E-state index is 11.5. The van der Waals surface area contributed by atoms with Gasteiger partial charge >= 0.3 is 11.9 Å². The van der Waals surface area contributed by atoms with Crippen LogP contribution in [-0.4, -0.2) is 10.9 Å². The van der Waals surface area contributed by atoms with Crippen LogP contribution in [0.5, 0.6) is 5.75 Å². The Balaban J connectivity index is 2.12. The van der Waals surface area contributed by atoms with Crippen molar-refractivity contribution < 1.29 is 18.9 Å². The zero-order valence-electron chi connectivity index (χ0n) is 8.53. The Labute approximate surface area is 95.6 Å². The molecule has 1 aromatic carbocycles. The first-order chi connectivity index (χ1) is 8.16. The van der Waals surface area contributed by atoms with Crippen LogP contribution < -0.4 is 4.74 Å². The summed E-state index contributed by atoms with van der Waals surface area (Å²) in [7, 11) is 0. The molecule has 1 heterocycles. The topological polar surface area (TPSA) is 82.6 Å². The average Bonchev–Trinajstić information content (AvgIpc) is 2.79. The highest BCUT2D eigenvalue weighted by atomic mass is 16.7. The number of nitrogens with zero attached hydrogens (tertiary/aromatic N) is 1. The third kappa shape index (κ3) is 2.49. The Kier molecular flexibility index (Phi) is 2.87. The minimum atomic E-state index is -0.774. The number of ether oxygens (including phenoxy) is 1. The maximum Gasteiger partial charge on any atom is 0.433 e. The van der Waals surface area contributed by atoms with Crippen LogP contribution in [0, 0.1) is 10.1 Å². The zero-order valence-corrected chi connectivity index (χ0v) is 8.53. The number of furan rings is 1. The highest BCUT2D eigenvalue weighted by molar-refractivity contribution is 5.88. The van der Waals surface area contributed by atoms with Crippen molar-refractivity contribution in [2.24, 2.45) is 0 Å². The normalized spacial score (nSPS) is 9.88. The monoisotopic (exact) mass is 233 g/mol. The van der Waals surface area contributed by atoms with E-state index in [1.165, 1.54) is 6.07 Å².